The Balaban J connectivity index is 1.12. The molecule has 0 aliphatic carbocycles. The number of anilines is 3. The molecule has 0 radical (unpaired) electrons. The van der Waals surface area contributed by atoms with Crippen molar-refractivity contribution in [3.63, 3.8) is 0 Å². The van der Waals surface area contributed by atoms with E-state index in [0.29, 0.717) is 5.89 Å². The van der Waals surface area contributed by atoms with Crippen LogP contribution in [0.2, 0.25) is 0 Å². The Labute approximate surface area is 339 Å². The molecule has 0 saturated carbocycles. The summed E-state index contributed by atoms with van der Waals surface area (Å²) in [6.45, 7) is 0. The van der Waals surface area contributed by atoms with E-state index >= 15 is 0 Å². The van der Waals surface area contributed by atoms with Gasteiger partial charge in [-0.15, -0.1) is 0 Å². The largest absolute Gasteiger partial charge is 0.454 e. The molecule has 0 aliphatic heterocycles. The van der Waals surface area contributed by atoms with Crippen molar-refractivity contribution in [1.29, 1.82) is 0 Å². The number of nitrogens with zero attached hydrogens (tertiary/aromatic N) is 2. The molecule has 0 N–H and O–H groups in total. The standard InChI is InChI=1S/C55H34N2O2/c1-2-12-35(13-3-1)36-22-27-40(28-23-36)57(41-29-24-38(25-30-41)48-34-39-15-5-6-16-42(39)44-18-8-9-19-45(44)48)53-47(55-56-49-20-10-11-21-50(49)59-55)32-31-46-52-43-17-7-4-14-37(43)26-33-51(52)58-54(46)53/h1-34H. The molecule has 0 aliphatic rings. The molecule has 12 aromatic rings. The van der Waals surface area contributed by atoms with Gasteiger partial charge < -0.3 is 13.7 Å². The Morgan fingerprint density at radius 2 is 1.00 bits per heavy atom. The van der Waals surface area contributed by atoms with Crippen molar-refractivity contribution in [2.75, 3.05) is 4.90 Å². The van der Waals surface area contributed by atoms with Gasteiger partial charge in [0.05, 0.1) is 5.56 Å². The molecular formula is C55H34N2O2. The Hall–Kier alpha value is -7.95. The number of hydrogen-bond donors (Lipinski definition) is 0. The molecule has 0 saturated heterocycles. The van der Waals surface area contributed by atoms with Crippen molar-refractivity contribution < 1.29 is 8.83 Å². The molecule has 0 spiro atoms. The maximum absolute atomic E-state index is 7.02. The Bertz CT molecular complexity index is 3510. The lowest BCUT2D eigenvalue weighted by Gasteiger charge is -2.27. The minimum Gasteiger partial charge on any atom is -0.454 e. The summed E-state index contributed by atoms with van der Waals surface area (Å²) in [7, 11) is 0. The number of benzene rings is 10. The van der Waals surface area contributed by atoms with Crippen molar-refractivity contribution in [3.8, 4) is 33.7 Å². The smallest absolute Gasteiger partial charge is 0.229 e. The Morgan fingerprint density at radius 3 is 1.78 bits per heavy atom. The molecule has 4 heteroatoms. The fourth-order valence-corrected chi connectivity index (χ4v) is 8.90. The lowest BCUT2D eigenvalue weighted by Crippen LogP contribution is -2.11. The second-order valence-corrected chi connectivity index (χ2v) is 15.1. The van der Waals surface area contributed by atoms with E-state index < -0.39 is 0 Å². The van der Waals surface area contributed by atoms with Gasteiger partial charge in [-0.3, -0.25) is 0 Å². The molecule has 0 unspecified atom stereocenters. The Morgan fingerprint density at radius 1 is 0.373 bits per heavy atom. The summed E-state index contributed by atoms with van der Waals surface area (Å²) < 4.78 is 13.6. The average Bonchev–Trinajstić information content (AvgIpc) is 3.92. The third kappa shape index (κ3) is 5.42. The number of aromatic nitrogens is 1. The van der Waals surface area contributed by atoms with Crippen LogP contribution in [-0.2, 0) is 0 Å². The van der Waals surface area contributed by atoms with Crippen LogP contribution < -0.4 is 4.90 Å². The molecular weight excluding hydrogens is 721 g/mol. The van der Waals surface area contributed by atoms with E-state index in [1.165, 1.54) is 27.1 Å². The van der Waals surface area contributed by atoms with Crippen LogP contribution in [-0.4, -0.2) is 4.98 Å². The first kappa shape index (κ1) is 33.2. The van der Waals surface area contributed by atoms with E-state index in [9.17, 15) is 0 Å². The topological polar surface area (TPSA) is 42.4 Å². The maximum Gasteiger partial charge on any atom is 0.229 e. The van der Waals surface area contributed by atoms with E-state index in [0.717, 1.165) is 83.1 Å². The normalized spacial score (nSPS) is 11.7. The number of fused-ring (bicyclic) bond motifs is 9. The first-order valence-corrected chi connectivity index (χ1v) is 19.9. The van der Waals surface area contributed by atoms with Crippen molar-refractivity contribution in [3.05, 3.63) is 206 Å². The molecule has 4 nitrogen and oxygen atoms in total. The van der Waals surface area contributed by atoms with Crippen LogP contribution in [0.25, 0.3) is 99.1 Å². The highest BCUT2D eigenvalue weighted by Gasteiger charge is 2.27. The number of hydrogen-bond acceptors (Lipinski definition) is 4. The highest BCUT2D eigenvalue weighted by Crippen LogP contribution is 2.49. The lowest BCUT2D eigenvalue weighted by molar-refractivity contribution is 0.619. The molecule has 0 fully saturated rings. The second kappa shape index (κ2) is 13.3. The van der Waals surface area contributed by atoms with Gasteiger partial charge in [0.1, 0.15) is 16.8 Å². The van der Waals surface area contributed by atoms with Gasteiger partial charge in [-0.25, -0.2) is 4.98 Å². The second-order valence-electron chi connectivity index (χ2n) is 15.1. The van der Waals surface area contributed by atoms with Gasteiger partial charge in [0.15, 0.2) is 11.2 Å². The summed E-state index contributed by atoms with van der Waals surface area (Å²) >= 11 is 0. The van der Waals surface area contributed by atoms with Crippen LogP contribution >= 0.6 is 0 Å². The fraction of sp³-hybridized carbons (Fsp3) is 0. The van der Waals surface area contributed by atoms with Gasteiger partial charge in [-0.2, -0.15) is 0 Å². The predicted molar refractivity (Wildman–Crippen MR) is 245 cm³/mol. The van der Waals surface area contributed by atoms with Crippen molar-refractivity contribution in [2.24, 2.45) is 0 Å². The molecule has 0 bridgehead atoms. The van der Waals surface area contributed by atoms with Crippen LogP contribution in [0.1, 0.15) is 0 Å². The molecule has 10 aromatic carbocycles. The maximum atomic E-state index is 7.02. The van der Waals surface area contributed by atoms with E-state index in [4.69, 9.17) is 13.8 Å². The fourth-order valence-electron chi connectivity index (χ4n) is 8.90. The molecule has 2 aromatic heterocycles. The number of oxazole rings is 1. The average molecular weight is 755 g/mol. The van der Waals surface area contributed by atoms with E-state index in [-0.39, 0.29) is 0 Å². The van der Waals surface area contributed by atoms with Crippen LogP contribution in [0.5, 0.6) is 0 Å². The molecule has 0 atom stereocenters. The zero-order chi connectivity index (χ0) is 38.9. The molecule has 12 rings (SSSR count). The first-order valence-electron chi connectivity index (χ1n) is 19.9. The summed E-state index contributed by atoms with van der Waals surface area (Å²) in [6.07, 6.45) is 0. The third-order valence-corrected chi connectivity index (χ3v) is 11.7. The van der Waals surface area contributed by atoms with Gasteiger partial charge in [0, 0.05) is 22.1 Å². The summed E-state index contributed by atoms with van der Waals surface area (Å²) in [5, 5.41) is 9.37. The van der Waals surface area contributed by atoms with Crippen LogP contribution in [0.3, 0.4) is 0 Å². The van der Waals surface area contributed by atoms with Crippen molar-refractivity contribution in [2.45, 2.75) is 0 Å². The highest BCUT2D eigenvalue weighted by atomic mass is 16.3. The van der Waals surface area contributed by atoms with E-state index in [1.807, 2.05) is 24.3 Å². The molecule has 2 heterocycles. The van der Waals surface area contributed by atoms with Crippen LogP contribution in [0.15, 0.2) is 215 Å². The number of rotatable bonds is 6. The number of para-hydroxylation sites is 2. The Kier molecular flexibility index (Phi) is 7.50. The zero-order valence-electron chi connectivity index (χ0n) is 31.8. The highest BCUT2D eigenvalue weighted by molar-refractivity contribution is 6.22. The zero-order valence-corrected chi connectivity index (χ0v) is 31.8. The minimum absolute atomic E-state index is 0.526. The SMILES string of the molecule is c1ccc(-c2ccc(N(c3ccc(-c4cc5ccccc5c5ccccc45)cc3)c3c(-c4nc5ccccc5o4)ccc4c3oc3ccc5ccccc5c34)cc2)cc1. The third-order valence-electron chi connectivity index (χ3n) is 11.7. The molecule has 59 heavy (non-hydrogen) atoms. The van der Waals surface area contributed by atoms with E-state index in [1.54, 1.807) is 0 Å². The first-order chi connectivity index (χ1) is 29.2. The molecule has 0 amide bonds. The van der Waals surface area contributed by atoms with E-state index in [2.05, 4.69) is 187 Å². The lowest BCUT2D eigenvalue weighted by atomic mass is 9.93. The summed E-state index contributed by atoms with van der Waals surface area (Å²) in [4.78, 5) is 7.35. The summed E-state index contributed by atoms with van der Waals surface area (Å²) in [5.41, 5.74) is 11.4. The van der Waals surface area contributed by atoms with Crippen molar-refractivity contribution >= 4 is 82.4 Å². The van der Waals surface area contributed by atoms with Gasteiger partial charge in [-0.05, 0) is 115 Å². The number of furan rings is 1. The van der Waals surface area contributed by atoms with Crippen LogP contribution in [0.4, 0.5) is 17.1 Å². The van der Waals surface area contributed by atoms with Crippen molar-refractivity contribution in [1.82, 2.24) is 4.98 Å². The van der Waals surface area contributed by atoms with Gasteiger partial charge in [0.25, 0.3) is 0 Å². The monoisotopic (exact) mass is 754 g/mol. The summed E-state index contributed by atoms with van der Waals surface area (Å²) in [5.74, 6) is 0.526. The molecule has 276 valence electrons. The van der Waals surface area contributed by atoms with Gasteiger partial charge >= 0.3 is 0 Å². The quantitative estimate of drug-likeness (QED) is 0.159. The summed E-state index contributed by atoms with van der Waals surface area (Å²) in [6, 6.07) is 72.8. The predicted octanol–water partition coefficient (Wildman–Crippen LogP) is 15.7. The van der Waals surface area contributed by atoms with Gasteiger partial charge in [0.2, 0.25) is 5.89 Å². The minimum atomic E-state index is 0.526. The van der Waals surface area contributed by atoms with Gasteiger partial charge in [-0.1, -0.05) is 146 Å². The van der Waals surface area contributed by atoms with Crippen LogP contribution in [0, 0.1) is 0 Å².